The van der Waals surface area contributed by atoms with Gasteiger partial charge in [0.1, 0.15) is 0 Å². The number of rotatable bonds is 2. The van der Waals surface area contributed by atoms with E-state index in [0.29, 0.717) is 4.90 Å². The molecule has 5 heteroatoms. The molecule has 0 aliphatic rings. The second kappa shape index (κ2) is 5.94. The van der Waals surface area contributed by atoms with Crippen molar-refractivity contribution in [3.63, 3.8) is 0 Å². The summed E-state index contributed by atoms with van der Waals surface area (Å²) in [6.07, 6.45) is 0. The molecule has 15 heavy (non-hydrogen) atoms. The molecule has 1 aromatic heterocycles. The van der Waals surface area contributed by atoms with E-state index in [-0.39, 0.29) is 29.6 Å². The predicted octanol–water partition coefficient (Wildman–Crippen LogP) is -0.343. The van der Waals surface area contributed by atoms with Crippen molar-refractivity contribution in [2.75, 3.05) is 0 Å². The molecule has 72 valence electrons. The third-order valence-corrected chi connectivity index (χ3v) is 3.39. The smallest absolute Gasteiger partial charge is 0.768 e. The zero-order chi connectivity index (χ0) is 9.97. The van der Waals surface area contributed by atoms with Crippen molar-refractivity contribution in [1.29, 1.82) is 0 Å². The number of hydrogen-bond donors (Lipinski definition) is 0. The van der Waals surface area contributed by atoms with Gasteiger partial charge >= 0.3 is 29.6 Å². The van der Waals surface area contributed by atoms with Crippen LogP contribution in [0.4, 0.5) is 0 Å². The molecule has 0 spiro atoms. The van der Waals surface area contributed by atoms with Gasteiger partial charge in [0, 0.05) is 9.77 Å². The van der Waals surface area contributed by atoms with E-state index < -0.39 is 11.1 Å². The Morgan fingerprint density at radius 3 is 2.60 bits per heavy atom. The van der Waals surface area contributed by atoms with Gasteiger partial charge in [0.25, 0.3) is 0 Å². The summed E-state index contributed by atoms with van der Waals surface area (Å²) in [6, 6.07) is 10.8. The Morgan fingerprint density at radius 1 is 1.20 bits per heavy atom. The Kier molecular flexibility index (Phi) is 5.18. The second-order valence-corrected chi connectivity index (χ2v) is 4.63. The molecule has 2 nitrogen and oxygen atoms in total. The third-order valence-electron chi connectivity index (χ3n) is 1.83. The van der Waals surface area contributed by atoms with Crippen LogP contribution in [0, 0.1) is 0 Å². The standard InChI is InChI=1S/C10H8O2S2.Na/c11-14(12)9-4-1-3-8(7-9)10-5-2-6-13-10;/h1-7H,(H,11,12);/q;+1/p-1. The summed E-state index contributed by atoms with van der Waals surface area (Å²) in [5, 5.41) is 1.97. The van der Waals surface area contributed by atoms with Crippen LogP contribution < -0.4 is 29.6 Å². The van der Waals surface area contributed by atoms with Crippen LogP contribution in [0.1, 0.15) is 0 Å². The van der Waals surface area contributed by atoms with Gasteiger partial charge in [-0.2, -0.15) is 0 Å². The summed E-state index contributed by atoms with van der Waals surface area (Å²) in [6.45, 7) is 0. The van der Waals surface area contributed by atoms with E-state index in [1.807, 2.05) is 23.6 Å². The first kappa shape index (κ1) is 13.1. The summed E-state index contributed by atoms with van der Waals surface area (Å²) in [7, 11) is 0. The van der Waals surface area contributed by atoms with E-state index in [4.69, 9.17) is 0 Å². The van der Waals surface area contributed by atoms with Crippen LogP contribution in [-0.2, 0) is 11.1 Å². The Balaban J connectivity index is 0.00000112. The van der Waals surface area contributed by atoms with Gasteiger partial charge in [0.05, 0.1) is 0 Å². The monoisotopic (exact) mass is 246 g/mol. The van der Waals surface area contributed by atoms with Crippen LogP contribution in [0.3, 0.4) is 0 Å². The molecule has 1 aromatic carbocycles. The van der Waals surface area contributed by atoms with Crippen LogP contribution in [0.2, 0.25) is 0 Å². The summed E-state index contributed by atoms with van der Waals surface area (Å²) in [4.78, 5) is 1.41. The van der Waals surface area contributed by atoms with Crippen LogP contribution in [0.5, 0.6) is 0 Å². The molecule has 1 atom stereocenters. The maximum atomic E-state index is 10.7. The van der Waals surface area contributed by atoms with Crippen molar-refractivity contribution in [2.45, 2.75) is 4.90 Å². The van der Waals surface area contributed by atoms with Gasteiger partial charge in [-0.1, -0.05) is 18.2 Å². The number of hydrogen-bond acceptors (Lipinski definition) is 3. The molecule has 0 aliphatic carbocycles. The molecule has 0 radical (unpaired) electrons. The van der Waals surface area contributed by atoms with E-state index in [9.17, 15) is 8.76 Å². The maximum absolute atomic E-state index is 10.7. The van der Waals surface area contributed by atoms with E-state index in [1.165, 1.54) is 0 Å². The van der Waals surface area contributed by atoms with Gasteiger partial charge in [-0.15, -0.1) is 11.3 Å². The van der Waals surface area contributed by atoms with Crippen molar-refractivity contribution < 1.29 is 38.3 Å². The van der Waals surface area contributed by atoms with E-state index >= 15 is 0 Å². The van der Waals surface area contributed by atoms with Gasteiger partial charge in [-0.05, 0) is 40.2 Å². The first-order valence-electron chi connectivity index (χ1n) is 4.00. The number of benzene rings is 1. The summed E-state index contributed by atoms with van der Waals surface area (Å²) in [5.74, 6) is 0. The van der Waals surface area contributed by atoms with Crippen molar-refractivity contribution in [3.8, 4) is 10.4 Å². The number of thiophene rings is 1. The Bertz CT molecular complexity index is 454. The van der Waals surface area contributed by atoms with Gasteiger partial charge in [-0.25, -0.2) is 0 Å². The minimum Gasteiger partial charge on any atom is -0.768 e. The second-order valence-electron chi connectivity index (χ2n) is 2.74. The molecular weight excluding hydrogens is 239 g/mol. The fourth-order valence-corrected chi connectivity index (χ4v) is 2.33. The van der Waals surface area contributed by atoms with E-state index in [1.54, 1.807) is 29.5 Å². The third kappa shape index (κ3) is 3.24. The Hall–Kier alpha value is 0.0300. The molecule has 1 heterocycles. The summed E-state index contributed by atoms with van der Waals surface area (Å²) < 4.78 is 21.5. The van der Waals surface area contributed by atoms with Crippen LogP contribution in [0.25, 0.3) is 10.4 Å². The fraction of sp³-hybridized carbons (Fsp3) is 0. The van der Waals surface area contributed by atoms with Crippen molar-refractivity contribution in [3.05, 3.63) is 41.8 Å². The zero-order valence-electron chi connectivity index (χ0n) is 8.17. The molecule has 2 rings (SSSR count). The van der Waals surface area contributed by atoms with Crippen molar-refractivity contribution >= 4 is 22.4 Å². The first-order chi connectivity index (χ1) is 6.77. The largest absolute Gasteiger partial charge is 1.00 e. The Morgan fingerprint density at radius 2 is 2.00 bits per heavy atom. The fourth-order valence-electron chi connectivity index (χ4n) is 1.20. The van der Waals surface area contributed by atoms with Gasteiger partial charge in [-0.3, -0.25) is 4.21 Å². The molecule has 0 saturated heterocycles. The summed E-state index contributed by atoms with van der Waals surface area (Å²) >= 11 is -0.551. The van der Waals surface area contributed by atoms with Crippen LogP contribution in [0.15, 0.2) is 46.7 Å². The van der Waals surface area contributed by atoms with Gasteiger partial charge in [0.15, 0.2) is 0 Å². The minimum atomic E-state index is -2.15. The van der Waals surface area contributed by atoms with Gasteiger partial charge in [0.2, 0.25) is 0 Å². The molecule has 0 amide bonds. The van der Waals surface area contributed by atoms with Gasteiger partial charge < -0.3 is 4.55 Å². The molecule has 2 aromatic rings. The topological polar surface area (TPSA) is 40.1 Å². The van der Waals surface area contributed by atoms with Crippen LogP contribution >= 0.6 is 11.3 Å². The molecule has 0 fully saturated rings. The maximum Gasteiger partial charge on any atom is 1.00 e. The molecule has 0 aliphatic heterocycles. The Labute approximate surface area is 117 Å². The first-order valence-corrected chi connectivity index (χ1v) is 5.96. The molecule has 1 unspecified atom stereocenters. The van der Waals surface area contributed by atoms with Crippen LogP contribution in [-0.4, -0.2) is 8.76 Å². The molecule has 0 N–H and O–H groups in total. The molecule has 0 bridgehead atoms. The van der Waals surface area contributed by atoms with E-state index in [0.717, 1.165) is 10.4 Å². The molecular formula is C10H7NaO2S2. The van der Waals surface area contributed by atoms with E-state index in [2.05, 4.69) is 0 Å². The zero-order valence-corrected chi connectivity index (χ0v) is 11.8. The summed E-state index contributed by atoms with van der Waals surface area (Å²) in [5.41, 5.74) is 0.946. The average molecular weight is 246 g/mol. The molecule has 0 saturated carbocycles. The minimum absolute atomic E-state index is 0. The van der Waals surface area contributed by atoms with Crippen molar-refractivity contribution in [1.82, 2.24) is 0 Å². The van der Waals surface area contributed by atoms with Crippen molar-refractivity contribution in [2.24, 2.45) is 0 Å². The normalized spacial score (nSPS) is 11.8. The average Bonchev–Trinajstić information content (AvgIpc) is 2.71. The SMILES string of the molecule is O=S([O-])c1cccc(-c2cccs2)c1.[Na+]. The quantitative estimate of drug-likeness (QED) is 0.537. The predicted molar refractivity (Wildman–Crippen MR) is 56.9 cm³/mol.